The molecule has 0 amide bonds. The normalized spacial score (nSPS) is 29.4. The van der Waals surface area contributed by atoms with Crippen molar-refractivity contribution in [3.63, 3.8) is 0 Å². The fourth-order valence-corrected chi connectivity index (χ4v) is 7.73. The summed E-state index contributed by atoms with van der Waals surface area (Å²) >= 11 is 0. The minimum absolute atomic E-state index is 0.0714. The van der Waals surface area contributed by atoms with Gasteiger partial charge in [0.25, 0.3) is 5.56 Å². The van der Waals surface area contributed by atoms with Gasteiger partial charge in [0, 0.05) is 35.3 Å². The Hall–Kier alpha value is -3.62. The molecule has 4 atom stereocenters. The van der Waals surface area contributed by atoms with Crippen molar-refractivity contribution in [2.75, 3.05) is 13.1 Å². The second kappa shape index (κ2) is 7.73. The maximum Gasteiger partial charge on any atom is 0.277 e. The van der Waals surface area contributed by atoms with Crippen molar-refractivity contribution in [2.24, 2.45) is 5.92 Å². The van der Waals surface area contributed by atoms with Crippen LogP contribution in [-0.4, -0.2) is 54.4 Å². The standard InChI is InChI=1S/C31H32N4O4/c1-17-26(32-24-15-21(33-35(24)29(17)37)19-6-4-3-5-7-19)28-31-12-13-34(16-18-8-9-18)23(30(31,2)38)14-20-10-11-22(36)27(39-28)25(20)31/h3-7,10-11,15,18,23,28,32,36,38H,8-9,12-14,16H2,1-2H3/t23-,28+,30-,31+/m1/s1. The van der Waals surface area contributed by atoms with Crippen molar-refractivity contribution in [3.05, 3.63) is 81.3 Å². The van der Waals surface area contributed by atoms with E-state index < -0.39 is 17.1 Å². The van der Waals surface area contributed by atoms with Crippen LogP contribution < -0.4 is 10.3 Å². The number of aliphatic hydroxyl groups is 1. The van der Waals surface area contributed by atoms with Crippen LogP contribution in [0.15, 0.2) is 53.3 Å². The Morgan fingerprint density at radius 1 is 1.18 bits per heavy atom. The number of aromatic nitrogens is 3. The van der Waals surface area contributed by atoms with Crippen molar-refractivity contribution < 1.29 is 14.9 Å². The van der Waals surface area contributed by atoms with Crippen molar-refractivity contribution in [1.29, 1.82) is 0 Å². The van der Waals surface area contributed by atoms with Crippen LogP contribution >= 0.6 is 0 Å². The van der Waals surface area contributed by atoms with Gasteiger partial charge < -0.3 is 19.9 Å². The maximum absolute atomic E-state index is 13.7. The van der Waals surface area contributed by atoms with Gasteiger partial charge in [0.2, 0.25) is 0 Å². The Balaban J connectivity index is 1.32. The molecule has 200 valence electrons. The van der Waals surface area contributed by atoms with Gasteiger partial charge in [-0.05, 0) is 63.6 Å². The van der Waals surface area contributed by atoms with Crippen LogP contribution in [-0.2, 0) is 11.8 Å². The summed E-state index contributed by atoms with van der Waals surface area (Å²) in [5, 5.41) is 28.0. The van der Waals surface area contributed by atoms with Gasteiger partial charge in [-0.3, -0.25) is 9.69 Å². The molecule has 0 radical (unpaired) electrons. The van der Waals surface area contributed by atoms with Gasteiger partial charge >= 0.3 is 0 Å². The SMILES string of the molecule is Cc1c([C@@H]2Oc3c(O)ccc4c3[C@@]23CCN(CC2CC2)[C@H](C4)[C@@]3(C)O)[nH]c2cc(-c3ccccc3)nn2c1=O. The Labute approximate surface area is 225 Å². The molecule has 2 fully saturated rings. The third-order valence-electron chi connectivity index (χ3n) is 9.96. The number of phenols is 1. The minimum atomic E-state index is -1.14. The number of aromatic hydroxyl groups is 1. The van der Waals surface area contributed by atoms with E-state index in [0.717, 1.165) is 29.8 Å². The van der Waals surface area contributed by atoms with Crippen molar-refractivity contribution >= 4 is 5.65 Å². The summed E-state index contributed by atoms with van der Waals surface area (Å²) in [4.78, 5) is 19.6. The molecule has 2 bridgehead atoms. The second-order valence-electron chi connectivity index (χ2n) is 12.1. The number of hydrogen-bond donors (Lipinski definition) is 3. The number of nitrogens with one attached hydrogen (secondary N) is 1. The molecule has 39 heavy (non-hydrogen) atoms. The molecule has 2 aromatic heterocycles. The second-order valence-corrected chi connectivity index (χ2v) is 12.1. The third kappa shape index (κ3) is 3.01. The first-order chi connectivity index (χ1) is 18.8. The lowest BCUT2D eigenvalue weighted by molar-refractivity contribution is -0.156. The summed E-state index contributed by atoms with van der Waals surface area (Å²) < 4.78 is 8.04. The van der Waals surface area contributed by atoms with E-state index in [-0.39, 0.29) is 17.4 Å². The van der Waals surface area contributed by atoms with Gasteiger partial charge in [0.1, 0.15) is 5.65 Å². The summed E-state index contributed by atoms with van der Waals surface area (Å²) in [5.74, 6) is 1.22. The zero-order chi connectivity index (χ0) is 26.7. The molecule has 1 saturated carbocycles. The highest BCUT2D eigenvalue weighted by Crippen LogP contribution is 2.65. The Morgan fingerprint density at radius 2 is 1.97 bits per heavy atom. The van der Waals surface area contributed by atoms with Gasteiger partial charge in [-0.1, -0.05) is 36.4 Å². The number of hydrogen-bond acceptors (Lipinski definition) is 6. The molecular weight excluding hydrogens is 492 g/mol. The van der Waals surface area contributed by atoms with Crippen LogP contribution in [0, 0.1) is 12.8 Å². The number of rotatable bonds is 4. The van der Waals surface area contributed by atoms with Gasteiger partial charge in [-0.2, -0.15) is 9.61 Å². The van der Waals surface area contributed by atoms with Crippen LogP contribution in [0.25, 0.3) is 16.9 Å². The summed E-state index contributed by atoms with van der Waals surface area (Å²) in [6.45, 7) is 5.57. The van der Waals surface area contributed by atoms with E-state index in [0.29, 0.717) is 47.1 Å². The molecule has 8 heteroatoms. The van der Waals surface area contributed by atoms with Crippen LogP contribution in [0.5, 0.6) is 11.5 Å². The molecule has 4 aliphatic rings. The highest BCUT2D eigenvalue weighted by atomic mass is 16.5. The fourth-order valence-electron chi connectivity index (χ4n) is 7.73. The first kappa shape index (κ1) is 23.3. The molecule has 4 aromatic rings. The zero-order valence-corrected chi connectivity index (χ0v) is 22.1. The van der Waals surface area contributed by atoms with E-state index in [1.165, 1.54) is 17.4 Å². The summed E-state index contributed by atoms with van der Waals surface area (Å²) in [6, 6.07) is 15.3. The Bertz CT molecular complexity index is 1700. The minimum Gasteiger partial charge on any atom is -0.504 e. The molecule has 0 unspecified atom stereocenters. The molecular formula is C31H32N4O4. The maximum atomic E-state index is 13.7. The molecule has 1 spiro atoms. The van der Waals surface area contributed by atoms with Crippen LogP contribution in [0.1, 0.15) is 54.7 Å². The predicted octanol–water partition coefficient (Wildman–Crippen LogP) is 3.87. The molecule has 2 aliphatic carbocycles. The zero-order valence-electron chi connectivity index (χ0n) is 22.1. The number of phenolic OH excluding ortho intramolecular Hbond substituents is 1. The highest BCUT2D eigenvalue weighted by Gasteiger charge is 2.69. The molecule has 3 N–H and O–H groups in total. The van der Waals surface area contributed by atoms with Crippen molar-refractivity contribution in [3.8, 4) is 22.8 Å². The van der Waals surface area contributed by atoms with Gasteiger partial charge in [-0.15, -0.1) is 0 Å². The Morgan fingerprint density at radius 3 is 2.74 bits per heavy atom. The number of piperidine rings is 1. The van der Waals surface area contributed by atoms with Crippen LogP contribution in [0.2, 0.25) is 0 Å². The summed E-state index contributed by atoms with van der Waals surface area (Å²) in [7, 11) is 0. The molecule has 2 aliphatic heterocycles. The number of aromatic amines is 1. The molecule has 8 rings (SSSR count). The van der Waals surface area contributed by atoms with Gasteiger partial charge in [0.05, 0.1) is 22.4 Å². The predicted molar refractivity (Wildman–Crippen MR) is 146 cm³/mol. The van der Waals surface area contributed by atoms with E-state index >= 15 is 0 Å². The number of benzene rings is 2. The summed E-state index contributed by atoms with van der Waals surface area (Å²) in [6.07, 6.45) is 3.23. The molecule has 2 aromatic carbocycles. The molecule has 1 saturated heterocycles. The van der Waals surface area contributed by atoms with E-state index in [2.05, 4.69) is 15.0 Å². The van der Waals surface area contributed by atoms with E-state index in [1.54, 1.807) is 13.0 Å². The monoisotopic (exact) mass is 524 g/mol. The average molecular weight is 525 g/mol. The van der Waals surface area contributed by atoms with Gasteiger partial charge in [-0.25, -0.2) is 0 Å². The molecule has 8 nitrogen and oxygen atoms in total. The number of nitrogens with zero attached hydrogens (tertiary/aromatic N) is 3. The van der Waals surface area contributed by atoms with E-state index in [4.69, 9.17) is 4.74 Å². The highest BCUT2D eigenvalue weighted by molar-refractivity contribution is 5.65. The van der Waals surface area contributed by atoms with E-state index in [9.17, 15) is 15.0 Å². The van der Waals surface area contributed by atoms with Crippen molar-refractivity contribution in [1.82, 2.24) is 19.5 Å². The summed E-state index contributed by atoms with van der Waals surface area (Å²) in [5.41, 5.74) is 3.16. The number of likely N-dealkylation sites (tertiary alicyclic amines) is 1. The quantitative estimate of drug-likeness (QED) is 0.375. The lowest BCUT2D eigenvalue weighted by Gasteiger charge is -2.60. The van der Waals surface area contributed by atoms with E-state index in [1.807, 2.05) is 49.4 Å². The van der Waals surface area contributed by atoms with Crippen LogP contribution in [0.3, 0.4) is 0 Å². The topological polar surface area (TPSA) is 103 Å². The number of ether oxygens (including phenoxy) is 1. The fraction of sp³-hybridized carbons (Fsp3) is 0.419. The Kier molecular flexibility index (Phi) is 4.62. The number of fused-ring (bicyclic) bond motifs is 2. The third-order valence-corrected chi connectivity index (χ3v) is 9.96. The smallest absolute Gasteiger partial charge is 0.277 e. The van der Waals surface area contributed by atoms with Gasteiger partial charge in [0.15, 0.2) is 17.6 Å². The molecule has 4 heterocycles. The lowest BCUT2D eigenvalue weighted by atomic mass is 9.53. The largest absolute Gasteiger partial charge is 0.504 e. The first-order valence-electron chi connectivity index (χ1n) is 14.0. The average Bonchev–Trinajstić information content (AvgIpc) is 3.51. The lowest BCUT2D eigenvalue weighted by Crippen LogP contribution is -2.71. The number of H-pyrrole nitrogens is 1. The van der Waals surface area contributed by atoms with Crippen LogP contribution in [0.4, 0.5) is 0 Å². The first-order valence-corrected chi connectivity index (χ1v) is 14.0. The van der Waals surface area contributed by atoms with Crippen molar-refractivity contribution in [2.45, 2.75) is 62.7 Å².